The number of rotatable bonds is 3. The molecule has 1 aromatic carbocycles. The van der Waals surface area contributed by atoms with Crippen LogP contribution in [0.1, 0.15) is 26.3 Å². The van der Waals surface area contributed by atoms with E-state index in [9.17, 15) is 8.42 Å². The topological polar surface area (TPSA) is 43.4 Å². The molecule has 3 nitrogen and oxygen atoms in total. The standard InChI is InChI=1S/C12H16Br2O3S/c1-8-5-11(10(14)6-9(8)13)18(15,16)17-7-12(2,3)4/h5-6H,7H2,1-4H3. The predicted molar refractivity (Wildman–Crippen MR) is 79.2 cm³/mol. The first-order chi connectivity index (χ1) is 8.03. The summed E-state index contributed by atoms with van der Waals surface area (Å²) in [6.07, 6.45) is 0. The molecule has 0 bridgehead atoms. The van der Waals surface area contributed by atoms with Crippen molar-refractivity contribution in [3.63, 3.8) is 0 Å². The maximum absolute atomic E-state index is 12.1. The molecule has 6 heteroatoms. The highest BCUT2D eigenvalue weighted by Gasteiger charge is 2.23. The third-order valence-corrected chi connectivity index (χ3v) is 5.21. The van der Waals surface area contributed by atoms with Gasteiger partial charge in [0.05, 0.1) is 6.61 Å². The lowest BCUT2D eigenvalue weighted by atomic mass is 9.99. The molecule has 0 amide bonds. The molecule has 0 saturated carbocycles. The van der Waals surface area contributed by atoms with Crippen molar-refractivity contribution in [2.45, 2.75) is 32.6 Å². The van der Waals surface area contributed by atoms with E-state index in [0.717, 1.165) is 10.0 Å². The highest BCUT2D eigenvalue weighted by Crippen LogP contribution is 2.30. The van der Waals surface area contributed by atoms with Gasteiger partial charge in [0.15, 0.2) is 0 Å². The normalized spacial score (nSPS) is 12.8. The molecule has 0 aliphatic heterocycles. The van der Waals surface area contributed by atoms with Gasteiger partial charge >= 0.3 is 0 Å². The molecule has 0 saturated heterocycles. The van der Waals surface area contributed by atoms with Gasteiger partial charge in [0, 0.05) is 8.95 Å². The van der Waals surface area contributed by atoms with Crippen LogP contribution in [0.5, 0.6) is 0 Å². The third kappa shape index (κ3) is 4.33. The number of benzene rings is 1. The Morgan fingerprint density at radius 3 is 2.22 bits per heavy atom. The predicted octanol–water partition coefficient (Wildman–Crippen LogP) is 4.27. The van der Waals surface area contributed by atoms with Crippen molar-refractivity contribution in [2.75, 3.05) is 6.61 Å². The minimum atomic E-state index is -3.73. The average Bonchev–Trinajstić information content (AvgIpc) is 2.19. The van der Waals surface area contributed by atoms with Gasteiger partial charge in [-0.25, -0.2) is 0 Å². The molecular formula is C12H16Br2O3S. The van der Waals surface area contributed by atoms with Crippen LogP contribution in [0.4, 0.5) is 0 Å². The van der Waals surface area contributed by atoms with Gasteiger partial charge in [0.2, 0.25) is 0 Å². The van der Waals surface area contributed by atoms with Gasteiger partial charge in [-0.3, -0.25) is 4.18 Å². The lowest BCUT2D eigenvalue weighted by Gasteiger charge is -2.18. The molecule has 0 atom stereocenters. The van der Waals surface area contributed by atoms with Crippen LogP contribution in [0.15, 0.2) is 26.0 Å². The minimum Gasteiger partial charge on any atom is -0.266 e. The zero-order chi connectivity index (χ0) is 14.1. The molecule has 102 valence electrons. The summed E-state index contributed by atoms with van der Waals surface area (Å²) in [5, 5.41) is 0. The highest BCUT2D eigenvalue weighted by atomic mass is 79.9. The SMILES string of the molecule is Cc1cc(S(=O)(=O)OCC(C)(C)C)c(Br)cc1Br. The molecule has 0 heterocycles. The van der Waals surface area contributed by atoms with E-state index >= 15 is 0 Å². The van der Waals surface area contributed by atoms with Crippen LogP contribution < -0.4 is 0 Å². The van der Waals surface area contributed by atoms with Crippen molar-refractivity contribution in [2.24, 2.45) is 5.41 Å². The van der Waals surface area contributed by atoms with Crippen molar-refractivity contribution < 1.29 is 12.6 Å². The van der Waals surface area contributed by atoms with Gasteiger partial charge in [0.25, 0.3) is 10.1 Å². The van der Waals surface area contributed by atoms with Crippen molar-refractivity contribution in [1.82, 2.24) is 0 Å². The molecule has 0 aromatic heterocycles. The Hall–Kier alpha value is 0.0900. The van der Waals surface area contributed by atoms with Crippen LogP contribution in [0.2, 0.25) is 0 Å². The molecule has 0 radical (unpaired) electrons. The van der Waals surface area contributed by atoms with E-state index in [1.165, 1.54) is 0 Å². The summed E-state index contributed by atoms with van der Waals surface area (Å²) in [6, 6.07) is 3.30. The van der Waals surface area contributed by atoms with E-state index in [-0.39, 0.29) is 16.9 Å². The Kier molecular flexibility index (Phi) is 5.03. The van der Waals surface area contributed by atoms with Gasteiger partial charge in [-0.05, 0) is 46.0 Å². The number of aryl methyl sites for hydroxylation is 1. The van der Waals surface area contributed by atoms with E-state index in [1.54, 1.807) is 12.1 Å². The Bertz CT molecular complexity index is 545. The number of hydrogen-bond donors (Lipinski definition) is 0. The summed E-state index contributed by atoms with van der Waals surface area (Å²) in [6.45, 7) is 7.75. The minimum absolute atomic E-state index is 0.150. The van der Waals surface area contributed by atoms with E-state index in [1.807, 2.05) is 27.7 Å². The van der Waals surface area contributed by atoms with Crippen LogP contribution in [-0.2, 0) is 14.3 Å². The second kappa shape index (κ2) is 5.61. The van der Waals surface area contributed by atoms with Gasteiger partial charge in [-0.15, -0.1) is 0 Å². The summed E-state index contributed by atoms with van der Waals surface area (Å²) in [4.78, 5) is 0.160. The van der Waals surface area contributed by atoms with E-state index in [2.05, 4.69) is 31.9 Å². The van der Waals surface area contributed by atoms with Gasteiger partial charge in [0.1, 0.15) is 4.90 Å². The molecular weight excluding hydrogens is 384 g/mol. The number of halogens is 2. The largest absolute Gasteiger partial charge is 0.298 e. The summed E-state index contributed by atoms with van der Waals surface area (Å²) >= 11 is 6.60. The Morgan fingerprint density at radius 2 is 1.72 bits per heavy atom. The first-order valence-corrected chi connectivity index (χ1v) is 8.37. The molecule has 1 aromatic rings. The van der Waals surface area contributed by atoms with Crippen LogP contribution in [0.3, 0.4) is 0 Å². The zero-order valence-electron chi connectivity index (χ0n) is 10.8. The van der Waals surface area contributed by atoms with Crippen molar-refractivity contribution in [3.05, 3.63) is 26.6 Å². The fourth-order valence-corrected chi connectivity index (χ4v) is 3.98. The maximum atomic E-state index is 12.1. The molecule has 0 unspecified atom stereocenters. The highest BCUT2D eigenvalue weighted by molar-refractivity contribution is 9.11. The molecule has 18 heavy (non-hydrogen) atoms. The second-order valence-electron chi connectivity index (χ2n) is 5.31. The molecule has 0 fully saturated rings. The van der Waals surface area contributed by atoms with Crippen LogP contribution in [-0.4, -0.2) is 15.0 Å². The molecule has 0 spiro atoms. The third-order valence-electron chi connectivity index (χ3n) is 2.13. The van der Waals surface area contributed by atoms with E-state index in [4.69, 9.17) is 4.18 Å². The summed E-state index contributed by atoms with van der Waals surface area (Å²) < 4.78 is 30.6. The van der Waals surface area contributed by atoms with Crippen molar-refractivity contribution in [1.29, 1.82) is 0 Å². The zero-order valence-corrected chi connectivity index (χ0v) is 14.7. The first kappa shape index (κ1) is 16.1. The van der Waals surface area contributed by atoms with Crippen molar-refractivity contribution >= 4 is 42.0 Å². The number of hydrogen-bond acceptors (Lipinski definition) is 3. The smallest absolute Gasteiger partial charge is 0.266 e. The monoisotopic (exact) mass is 398 g/mol. The van der Waals surface area contributed by atoms with Crippen molar-refractivity contribution in [3.8, 4) is 0 Å². The molecule has 0 aliphatic carbocycles. The Labute approximate surface area is 125 Å². The quantitative estimate of drug-likeness (QED) is 0.712. The Balaban J connectivity index is 3.10. The molecule has 0 N–H and O–H groups in total. The lowest BCUT2D eigenvalue weighted by molar-refractivity contribution is 0.203. The lowest BCUT2D eigenvalue weighted by Crippen LogP contribution is -2.19. The van der Waals surface area contributed by atoms with E-state index in [0.29, 0.717) is 4.47 Å². The van der Waals surface area contributed by atoms with Gasteiger partial charge < -0.3 is 0 Å². The fourth-order valence-electron chi connectivity index (χ4n) is 1.14. The average molecular weight is 400 g/mol. The molecule has 0 aliphatic rings. The van der Waals surface area contributed by atoms with E-state index < -0.39 is 10.1 Å². The fraction of sp³-hybridized carbons (Fsp3) is 0.500. The second-order valence-corrected chi connectivity index (χ2v) is 8.60. The summed E-state index contributed by atoms with van der Waals surface area (Å²) in [5.74, 6) is 0. The van der Waals surface area contributed by atoms with Crippen LogP contribution >= 0.6 is 31.9 Å². The van der Waals surface area contributed by atoms with Crippen LogP contribution in [0.25, 0.3) is 0 Å². The van der Waals surface area contributed by atoms with Crippen LogP contribution in [0, 0.1) is 12.3 Å². The first-order valence-electron chi connectivity index (χ1n) is 5.38. The summed E-state index contributed by atoms with van der Waals surface area (Å²) in [5.41, 5.74) is 0.639. The Morgan fingerprint density at radius 1 is 1.17 bits per heavy atom. The maximum Gasteiger partial charge on any atom is 0.298 e. The van der Waals surface area contributed by atoms with Gasteiger partial charge in [-0.2, -0.15) is 8.42 Å². The summed E-state index contributed by atoms with van der Waals surface area (Å²) in [7, 11) is -3.73. The van der Waals surface area contributed by atoms with Gasteiger partial charge in [-0.1, -0.05) is 36.7 Å². The molecule has 1 rings (SSSR count).